The molecule has 0 unspecified atom stereocenters. The van der Waals surface area contributed by atoms with Crippen molar-refractivity contribution >= 4 is 11.6 Å². The quantitative estimate of drug-likeness (QED) is 0.750. The highest BCUT2D eigenvalue weighted by Crippen LogP contribution is 2.25. The molecule has 0 atom stereocenters. The van der Waals surface area contributed by atoms with Crippen molar-refractivity contribution in [3.63, 3.8) is 0 Å². The number of aromatic nitrogens is 1. The maximum atomic E-state index is 12.7. The van der Waals surface area contributed by atoms with Gasteiger partial charge in [-0.15, -0.1) is 0 Å². The van der Waals surface area contributed by atoms with E-state index in [-0.39, 0.29) is 0 Å². The molecule has 0 aromatic carbocycles. The largest absolute Gasteiger partial charge is 0.396 e. The van der Waals surface area contributed by atoms with Crippen molar-refractivity contribution in [1.29, 1.82) is 0 Å². The Morgan fingerprint density at radius 2 is 2.07 bits per heavy atom. The molecule has 4 nitrogen and oxygen atoms in total. The molecule has 1 aromatic heterocycles. The SMILES string of the molecule is NC(=O)c1c(C(F)F)ncc(F)c1N. The summed E-state index contributed by atoms with van der Waals surface area (Å²) in [5, 5.41) is 0. The number of alkyl halides is 2. The average Bonchev–Trinajstić information content (AvgIpc) is 2.08. The van der Waals surface area contributed by atoms with Crippen molar-refractivity contribution in [2.45, 2.75) is 6.43 Å². The first-order valence-electron chi connectivity index (χ1n) is 3.47. The van der Waals surface area contributed by atoms with Crippen LogP contribution < -0.4 is 11.5 Å². The third-order valence-electron chi connectivity index (χ3n) is 1.55. The number of anilines is 1. The van der Waals surface area contributed by atoms with E-state index in [0.717, 1.165) is 0 Å². The van der Waals surface area contributed by atoms with E-state index < -0.39 is 35.1 Å². The zero-order valence-corrected chi connectivity index (χ0v) is 6.80. The molecule has 0 fully saturated rings. The van der Waals surface area contributed by atoms with Gasteiger partial charge in [0.05, 0.1) is 17.4 Å². The van der Waals surface area contributed by atoms with Crippen LogP contribution in [0.15, 0.2) is 6.20 Å². The second kappa shape index (κ2) is 3.52. The van der Waals surface area contributed by atoms with Crippen LogP contribution in [-0.2, 0) is 0 Å². The van der Waals surface area contributed by atoms with Crippen molar-refractivity contribution < 1.29 is 18.0 Å². The van der Waals surface area contributed by atoms with Crippen molar-refractivity contribution in [3.05, 3.63) is 23.3 Å². The number of nitrogens with zero attached hydrogens (tertiary/aromatic N) is 1. The van der Waals surface area contributed by atoms with Gasteiger partial charge in [-0.05, 0) is 0 Å². The van der Waals surface area contributed by atoms with E-state index >= 15 is 0 Å². The Hall–Kier alpha value is -1.79. The highest BCUT2D eigenvalue weighted by Gasteiger charge is 2.23. The minimum absolute atomic E-state index is 0.517. The molecule has 1 amide bonds. The van der Waals surface area contributed by atoms with Gasteiger partial charge in [0, 0.05) is 0 Å². The first kappa shape index (κ1) is 10.3. The van der Waals surface area contributed by atoms with Gasteiger partial charge in [0.25, 0.3) is 12.3 Å². The summed E-state index contributed by atoms with van der Waals surface area (Å²) < 4.78 is 37.2. The fourth-order valence-electron chi connectivity index (χ4n) is 0.942. The molecule has 0 spiro atoms. The van der Waals surface area contributed by atoms with E-state index in [9.17, 15) is 18.0 Å². The van der Waals surface area contributed by atoms with E-state index in [2.05, 4.69) is 4.98 Å². The summed E-state index contributed by atoms with van der Waals surface area (Å²) in [7, 11) is 0. The van der Waals surface area contributed by atoms with Crippen LogP contribution >= 0.6 is 0 Å². The van der Waals surface area contributed by atoms with Gasteiger partial charge in [0.1, 0.15) is 5.69 Å². The number of carbonyl (C=O) groups is 1. The molecule has 1 aromatic rings. The lowest BCUT2D eigenvalue weighted by atomic mass is 10.1. The van der Waals surface area contributed by atoms with Gasteiger partial charge in [-0.3, -0.25) is 9.78 Å². The molecular formula is C7H6F3N3O. The third kappa shape index (κ3) is 1.61. The first-order chi connectivity index (χ1) is 6.45. The van der Waals surface area contributed by atoms with E-state index in [1.54, 1.807) is 0 Å². The van der Waals surface area contributed by atoms with Crippen molar-refractivity contribution in [1.82, 2.24) is 4.98 Å². The summed E-state index contributed by atoms with van der Waals surface area (Å²) in [4.78, 5) is 13.8. The lowest BCUT2D eigenvalue weighted by Gasteiger charge is -2.07. The van der Waals surface area contributed by atoms with Gasteiger partial charge < -0.3 is 11.5 Å². The Balaban J connectivity index is 3.45. The number of hydrogen-bond acceptors (Lipinski definition) is 3. The normalized spacial score (nSPS) is 10.6. The van der Waals surface area contributed by atoms with E-state index in [4.69, 9.17) is 11.5 Å². The molecule has 4 N–H and O–H groups in total. The van der Waals surface area contributed by atoms with Crippen LogP contribution in [0.25, 0.3) is 0 Å². The number of nitrogen functional groups attached to an aromatic ring is 1. The molecule has 14 heavy (non-hydrogen) atoms. The maximum absolute atomic E-state index is 12.7. The molecule has 1 heterocycles. The van der Waals surface area contributed by atoms with Gasteiger partial charge in [0.2, 0.25) is 0 Å². The Morgan fingerprint density at radius 1 is 1.50 bits per heavy atom. The highest BCUT2D eigenvalue weighted by atomic mass is 19.3. The van der Waals surface area contributed by atoms with Gasteiger partial charge in [-0.25, -0.2) is 13.2 Å². The molecule has 0 aliphatic rings. The molecule has 0 bridgehead atoms. The Labute approximate surface area is 76.7 Å². The van der Waals surface area contributed by atoms with Gasteiger partial charge in [0.15, 0.2) is 5.82 Å². The molecule has 0 saturated heterocycles. The summed E-state index contributed by atoms with van der Waals surface area (Å²) in [6, 6.07) is 0. The molecule has 0 aliphatic carbocycles. The monoisotopic (exact) mass is 205 g/mol. The predicted molar refractivity (Wildman–Crippen MR) is 42.1 cm³/mol. The zero-order chi connectivity index (χ0) is 10.9. The zero-order valence-electron chi connectivity index (χ0n) is 6.80. The lowest BCUT2D eigenvalue weighted by Crippen LogP contribution is -2.18. The van der Waals surface area contributed by atoms with Crippen molar-refractivity contribution in [3.8, 4) is 0 Å². The number of amides is 1. The molecule has 0 radical (unpaired) electrons. The molecule has 76 valence electrons. The molecule has 0 aliphatic heterocycles. The Bertz CT molecular complexity index is 381. The molecular weight excluding hydrogens is 199 g/mol. The standard InChI is InChI=1S/C7H6F3N3O/c8-2-1-13-5(6(9)10)3(4(2)11)7(12)14/h1,6H,(H2,11,13)(H2,12,14). The minimum atomic E-state index is -3.03. The van der Waals surface area contributed by atoms with Crippen LogP contribution in [0.4, 0.5) is 18.9 Å². The number of primary amides is 1. The topological polar surface area (TPSA) is 82.0 Å². The smallest absolute Gasteiger partial charge is 0.281 e. The summed E-state index contributed by atoms with van der Waals surface area (Å²) in [6.45, 7) is 0. The number of nitrogens with two attached hydrogens (primary N) is 2. The summed E-state index contributed by atoms with van der Waals surface area (Å²) >= 11 is 0. The molecule has 0 saturated carbocycles. The van der Waals surface area contributed by atoms with Crippen molar-refractivity contribution in [2.75, 3.05) is 5.73 Å². The maximum Gasteiger partial charge on any atom is 0.281 e. The van der Waals surface area contributed by atoms with E-state index in [1.807, 2.05) is 0 Å². The van der Waals surface area contributed by atoms with Crippen LogP contribution in [0.2, 0.25) is 0 Å². The van der Waals surface area contributed by atoms with E-state index in [0.29, 0.717) is 6.20 Å². The van der Waals surface area contributed by atoms with E-state index in [1.165, 1.54) is 0 Å². The average molecular weight is 205 g/mol. The Morgan fingerprint density at radius 3 is 2.50 bits per heavy atom. The van der Waals surface area contributed by atoms with Crippen LogP contribution in [-0.4, -0.2) is 10.9 Å². The van der Waals surface area contributed by atoms with Crippen LogP contribution in [0, 0.1) is 5.82 Å². The Kier molecular flexibility index (Phi) is 2.59. The van der Waals surface area contributed by atoms with Crippen molar-refractivity contribution in [2.24, 2.45) is 5.73 Å². The van der Waals surface area contributed by atoms with Gasteiger partial charge in [-0.2, -0.15) is 0 Å². The minimum Gasteiger partial charge on any atom is -0.396 e. The predicted octanol–water partition coefficient (Wildman–Crippen LogP) is 0.839. The summed E-state index contributed by atoms with van der Waals surface area (Å²) in [5.74, 6) is -2.28. The second-order valence-electron chi connectivity index (χ2n) is 2.44. The fourth-order valence-corrected chi connectivity index (χ4v) is 0.942. The van der Waals surface area contributed by atoms with Gasteiger partial charge in [-0.1, -0.05) is 0 Å². The number of pyridine rings is 1. The lowest BCUT2D eigenvalue weighted by molar-refractivity contribution is 0.0983. The van der Waals surface area contributed by atoms with Crippen LogP contribution in [0.1, 0.15) is 22.5 Å². The number of carbonyl (C=O) groups excluding carboxylic acids is 1. The highest BCUT2D eigenvalue weighted by molar-refractivity contribution is 5.99. The number of hydrogen-bond donors (Lipinski definition) is 2. The van der Waals surface area contributed by atoms with Crippen LogP contribution in [0.5, 0.6) is 0 Å². The first-order valence-corrected chi connectivity index (χ1v) is 3.47. The molecule has 1 rings (SSSR count). The van der Waals surface area contributed by atoms with Gasteiger partial charge >= 0.3 is 0 Å². The fraction of sp³-hybridized carbons (Fsp3) is 0.143. The number of halogens is 3. The summed E-state index contributed by atoms with van der Waals surface area (Å²) in [5.41, 5.74) is 7.46. The summed E-state index contributed by atoms with van der Waals surface area (Å²) in [6.07, 6.45) is -2.51. The number of rotatable bonds is 2. The van der Waals surface area contributed by atoms with Crippen LogP contribution in [0.3, 0.4) is 0 Å². The molecule has 7 heteroatoms. The third-order valence-corrected chi connectivity index (χ3v) is 1.55. The second-order valence-corrected chi connectivity index (χ2v) is 2.44.